The zero-order valence-corrected chi connectivity index (χ0v) is 9.61. The van der Waals surface area contributed by atoms with Crippen molar-refractivity contribution < 1.29 is 0 Å². The zero-order chi connectivity index (χ0) is 12.5. The number of nitrogens with zero attached hydrogens (tertiary/aromatic N) is 4. The van der Waals surface area contributed by atoms with E-state index in [0.717, 1.165) is 16.6 Å². The van der Waals surface area contributed by atoms with Crippen LogP contribution in [0.25, 0.3) is 22.3 Å². The van der Waals surface area contributed by atoms with Crippen molar-refractivity contribution in [1.29, 1.82) is 0 Å². The Hall–Kier alpha value is -2.47. The summed E-state index contributed by atoms with van der Waals surface area (Å²) in [6, 6.07) is 9.78. The lowest BCUT2D eigenvalue weighted by molar-refractivity contribution is 0.656. The molecule has 90 valence electrons. The molecule has 0 aliphatic rings. The summed E-state index contributed by atoms with van der Waals surface area (Å²) in [5.41, 5.74) is 14.0. The van der Waals surface area contributed by atoms with E-state index in [1.54, 1.807) is 4.68 Å². The molecule has 0 unspecified atom stereocenters. The van der Waals surface area contributed by atoms with Crippen LogP contribution in [0.4, 0.5) is 5.82 Å². The maximum absolute atomic E-state index is 5.92. The summed E-state index contributed by atoms with van der Waals surface area (Å²) in [6.07, 6.45) is 1.42. The molecule has 3 aromatic rings. The largest absolute Gasteiger partial charge is 0.383 e. The summed E-state index contributed by atoms with van der Waals surface area (Å²) in [7, 11) is 0. The average molecular weight is 240 g/mol. The van der Waals surface area contributed by atoms with E-state index in [2.05, 4.69) is 15.1 Å². The zero-order valence-electron chi connectivity index (χ0n) is 9.61. The molecule has 6 heteroatoms. The van der Waals surface area contributed by atoms with Crippen LogP contribution in [0.3, 0.4) is 0 Å². The van der Waals surface area contributed by atoms with Crippen LogP contribution >= 0.6 is 0 Å². The van der Waals surface area contributed by atoms with Crippen molar-refractivity contribution in [1.82, 2.24) is 19.7 Å². The van der Waals surface area contributed by atoms with Crippen LogP contribution in [0, 0.1) is 0 Å². The van der Waals surface area contributed by atoms with E-state index >= 15 is 0 Å². The van der Waals surface area contributed by atoms with Crippen LogP contribution in [0.2, 0.25) is 0 Å². The number of aromatic nitrogens is 4. The molecule has 18 heavy (non-hydrogen) atoms. The fraction of sp³-hybridized carbons (Fsp3) is 0.0833. The van der Waals surface area contributed by atoms with Gasteiger partial charge in [0.15, 0.2) is 5.65 Å². The predicted molar refractivity (Wildman–Crippen MR) is 69.4 cm³/mol. The molecular formula is C12H12N6. The minimum absolute atomic E-state index is 0.250. The van der Waals surface area contributed by atoms with Gasteiger partial charge in [-0.2, -0.15) is 5.10 Å². The third-order valence-corrected chi connectivity index (χ3v) is 2.78. The quantitative estimate of drug-likeness (QED) is 0.696. The first kappa shape index (κ1) is 10.7. The molecule has 4 N–H and O–H groups in total. The van der Waals surface area contributed by atoms with Gasteiger partial charge in [-0.3, -0.25) is 0 Å². The molecule has 6 nitrogen and oxygen atoms in total. The van der Waals surface area contributed by atoms with Gasteiger partial charge in [-0.1, -0.05) is 30.3 Å². The third-order valence-electron chi connectivity index (χ3n) is 2.78. The van der Waals surface area contributed by atoms with Gasteiger partial charge in [0.25, 0.3) is 0 Å². The highest BCUT2D eigenvalue weighted by Crippen LogP contribution is 2.29. The lowest BCUT2D eigenvalue weighted by atomic mass is 10.1. The Morgan fingerprint density at radius 2 is 1.89 bits per heavy atom. The van der Waals surface area contributed by atoms with E-state index in [1.807, 2.05) is 30.3 Å². The van der Waals surface area contributed by atoms with Crippen LogP contribution < -0.4 is 11.5 Å². The van der Waals surface area contributed by atoms with Crippen LogP contribution in [0.1, 0.15) is 0 Å². The highest BCUT2D eigenvalue weighted by Gasteiger charge is 2.15. The molecule has 0 amide bonds. The van der Waals surface area contributed by atoms with Crippen molar-refractivity contribution in [2.45, 2.75) is 6.67 Å². The number of rotatable bonds is 2. The molecule has 2 heterocycles. The topological polar surface area (TPSA) is 95.6 Å². The fourth-order valence-electron chi connectivity index (χ4n) is 1.96. The Labute approximate surface area is 103 Å². The first-order valence-electron chi connectivity index (χ1n) is 5.53. The minimum atomic E-state index is 0.250. The molecule has 0 fully saturated rings. The normalized spacial score (nSPS) is 10.9. The van der Waals surface area contributed by atoms with Crippen molar-refractivity contribution in [2.75, 3.05) is 5.73 Å². The highest BCUT2D eigenvalue weighted by molar-refractivity contribution is 5.98. The fourth-order valence-corrected chi connectivity index (χ4v) is 1.96. The van der Waals surface area contributed by atoms with Crippen molar-refractivity contribution in [2.24, 2.45) is 5.73 Å². The van der Waals surface area contributed by atoms with Crippen LogP contribution in [-0.2, 0) is 6.67 Å². The number of hydrogen-bond donors (Lipinski definition) is 2. The molecule has 0 spiro atoms. The van der Waals surface area contributed by atoms with Crippen molar-refractivity contribution >= 4 is 16.9 Å². The van der Waals surface area contributed by atoms with Crippen LogP contribution in [0.15, 0.2) is 36.7 Å². The summed E-state index contributed by atoms with van der Waals surface area (Å²) in [4.78, 5) is 8.20. The lowest BCUT2D eigenvalue weighted by Gasteiger charge is -1.98. The molecule has 0 aliphatic heterocycles. The van der Waals surface area contributed by atoms with Gasteiger partial charge in [0.1, 0.15) is 17.8 Å². The summed E-state index contributed by atoms with van der Waals surface area (Å²) >= 11 is 0. The van der Waals surface area contributed by atoms with Crippen molar-refractivity contribution in [3.63, 3.8) is 0 Å². The number of anilines is 1. The van der Waals surface area contributed by atoms with Gasteiger partial charge in [0, 0.05) is 5.56 Å². The Bertz CT molecular complexity index is 688. The standard InChI is InChI=1S/C12H12N6/c13-6-18-12-9(11(14)15-7-16-12)10(17-18)8-4-2-1-3-5-8/h1-5,7H,6,13H2,(H2,14,15,16). The predicted octanol–water partition coefficient (Wildman–Crippen LogP) is 0.992. The Kier molecular flexibility index (Phi) is 2.42. The second-order valence-electron chi connectivity index (χ2n) is 3.85. The molecule has 0 saturated carbocycles. The minimum Gasteiger partial charge on any atom is -0.383 e. The summed E-state index contributed by atoms with van der Waals surface area (Å²) in [5.74, 6) is 0.415. The average Bonchev–Trinajstić information content (AvgIpc) is 2.80. The summed E-state index contributed by atoms with van der Waals surface area (Å²) in [5, 5.41) is 5.19. The maximum Gasteiger partial charge on any atom is 0.165 e. The summed E-state index contributed by atoms with van der Waals surface area (Å²) < 4.78 is 1.62. The van der Waals surface area contributed by atoms with Gasteiger partial charge in [-0.15, -0.1) is 0 Å². The van der Waals surface area contributed by atoms with E-state index in [4.69, 9.17) is 11.5 Å². The molecule has 0 saturated heterocycles. The van der Waals surface area contributed by atoms with E-state index < -0.39 is 0 Å². The highest BCUT2D eigenvalue weighted by atomic mass is 15.3. The van der Waals surface area contributed by atoms with Crippen LogP contribution in [0.5, 0.6) is 0 Å². The van der Waals surface area contributed by atoms with E-state index in [-0.39, 0.29) is 6.67 Å². The monoisotopic (exact) mass is 240 g/mol. The SMILES string of the molecule is NCn1nc(-c2ccccc2)c2c(N)ncnc21. The number of nitrogen functional groups attached to an aromatic ring is 1. The Morgan fingerprint density at radius 1 is 1.11 bits per heavy atom. The Balaban J connectivity index is 2.36. The van der Waals surface area contributed by atoms with E-state index in [0.29, 0.717) is 11.5 Å². The number of hydrogen-bond acceptors (Lipinski definition) is 5. The molecular weight excluding hydrogens is 228 g/mol. The van der Waals surface area contributed by atoms with Crippen molar-refractivity contribution in [3.8, 4) is 11.3 Å². The summed E-state index contributed by atoms with van der Waals surface area (Å²) in [6.45, 7) is 0.250. The number of fused-ring (bicyclic) bond motifs is 1. The van der Waals surface area contributed by atoms with Gasteiger partial charge in [0.05, 0.1) is 12.1 Å². The van der Waals surface area contributed by atoms with Gasteiger partial charge >= 0.3 is 0 Å². The second-order valence-corrected chi connectivity index (χ2v) is 3.85. The third kappa shape index (κ3) is 1.51. The molecule has 2 aromatic heterocycles. The van der Waals surface area contributed by atoms with Gasteiger partial charge in [0.2, 0.25) is 0 Å². The molecule has 0 radical (unpaired) electrons. The van der Waals surface area contributed by atoms with Gasteiger partial charge in [-0.05, 0) is 0 Å². The van der Waals surface area contributed by atoms with Gasteiger partial charge in [-0.25, -0.2) is 14.6 Å². The second kappa shape index (κ2) is 4.08. The molecule has 0 bridgehead atoms. The van der Waals surface area contributed by atoms with E-state index in [9.17, 15) is 0 Å². The van der Waals surface area contributed by atoms with Crippen molar-refractivity contribution in [3.05, 3.63) is 36.7 Å². The molecule has 0 aliphatic carbocycles. The molecule has 1 aromatic carbocycles. The van der Waals surface area contributed by atoms with Crippen LogP contribution in [-0.4, -0.2) is 19.7 Å². The lowest BCUT2D eigenvalue weighted by Crippen LogP contribution is -2.09. The maximum atomic E-state index is 5.92. The number of nitrogens with two attached hydrogens (primary N) is 2. The molecule has 0 atom stereocenters. The first-order valence-corrected chi connectivity index (χ1v) is 5.53. The van der Waals surface area contributed by atoms with E-state index in [1.165, 1.54) is 6.33 Å². The number of benzene rings is 1. The molecule has 3 rings (SSSR count). The smallest absolute Gasteiger partial charge is 0.165 e. The first-order chi connectivity index (χ1) is 8.81. The van der Waals surface area contributed by atoms with Gasteiger partial charge < -0.3 is 11.5 Å². The Morgan fingerprint density at radius 3 is 2.61 bits per heavy atom.